The van der Waals surface area contributed by atoms with E-state index >= 15 is 0 Å². The lowest BCUT2D eigenvalue weighted by Crippen LogP contribution is -2.11. The molecule has 0 spiro atoms. The van der Waals surface area contributed by atoms with Crippen molar-refractivity contribution in [2.24, 2.45) is 0 Å². The zero-order valence-electron chi connectivity index (χ0n) is 7.23. The van der Waals surface area contributed by atoms with E-state index in [1.165, 1.54) is 0 Å². The van der Waals surface area contributed by atoms with Gasteiger partial charge in [-0.2, -0.15) is 0 Å². The van der Waals surface area contributed by atoms with Gasteiger partial charge in [-0.3, -0.25) is 9.78 Å². The highest BCUT2D eigenvalue weighted by Gasteiger charge is 2.00. The fraction of sp³-hybridized carbons (Fsp3) is 0.333. The van der Waals surface area contributed by atoms with Crippen molar-refractivity contribution in [2.45, 2.75) is 12.8 Å². The molecule has 0 radical (unpaired) electrons. The van der Waals surface area contributed by atoms with Crippen molar-refractivity contribution in [3.05, 3.63) is 24.5 Å². The van der Waals surface area contributed by atoms with E-state index in [0.717, 1.165) is 5.69 Å². The molecule has 0 saturated heterocycles. The third kappa shape index (κ3) is 3.66. The maximum Gasteiger partial charge on any atom is 0.224 e. The molecule has 13 heavy (non-hydrogen) atoms. The molecule has 0 atom stereocenters. The Morgan fingerprint density at radius 2 is 2.15 bits per heavy atom. The predicted octanol–water partition coefficient (Wildman–Crippen LogP) is 0.793. The zero-order chi connectivity index (χ0) is 9.52. The highest BCUT2D eigenvalue weighted by Crippen LogP contribution is 2.04. The second kappa shape index (κ2) is 5.27. The number of carbonyl (C=O) groups excluding carboxylic acids is 1. The van der Waals surface area contributed by atoms with Crippen molar-refractivity contribution in [3.8, 4) is 0 Å². The average Bonchev–Trinajstić information content (AvgIpc) is 2.16. The Kier molecular flexibility index (Phi) is 3.92. The maximum absolute atomic E-state index is 11.1. The van der Waals surface area contributed by atoms with E-state index in [4.69, 9.17) is 5.11 Å². The Balaban J connectivity index is 2.37. The Morgan fingerprint density at radius 1 is 1.46 bits per heavy atom. The van der Waals surface area contributed by atoms with Gasteiger partial charge in [-0.15, -0.1) is 0 Å². The molecule has 2 N–H and O–H groups in total. The van der Waals surface area contributed by atoms with Crippen LogP contribution in [0.1, 0.15) is 12.8 Å². The first kappa shape index (κ1) is 9.67. The summed E-state index contributed by atoms with van der Waals surface area (Å²) >= 11 is 0. The quantitative estimate of drug-likeness (QED) is 0.720. The fourth-order valence-electron chi connectivity index (χ4n) is 0.898. The van der Waals surface area contributed by atoms with Gasteiger partial charge >= 0.3 is 0 Å². The molecule has 0 unspecified atom stereocenters. The lowest BCUT2D eigenvalue weighted by molar-refractivity contribution is -0.116. The maximum atomic E-state index is 11.1. The molecule has 0 aliphatic carbocycles. The number of aliphatic hydroxyl groups excluding tert-OH is 1. The van der Waals surface area contributed by atoms with Gasteiger partial charge in [0.05, 0.1) is 0 Å². The van der Waals surface area contributed by atoms with Crippen molar-refractivity contribution < 1.29 is 9.90 Å². The first-order valence-corrected chi connectivity index (χ1v) is 4.13. The van der Waals surface area contributed by atoms with Gasteiger partial charge in [0.2, 0.25) is 5.91 Å². The van der Waals surface area contributed by atoms with Crippen LogP contribution in [0.25, 0.3) is 0 Å². The number of hydrogen-bond donors (Lipinski definition) is 2. The Labute approximate surface area is 76.6 Å². The van der Waals surface area contributed by atoms with Crippen molar-refractivity contribution in [2.75, 3.05) is 11.9 Å². The van der Waals surface area contributed by atoms with E-state index in [-0.39, 0.29) is 12.5 Å². The summed E-state index contributed by atoms with van der Waals surface area (Å²) in [6.45, 7) is 0.0454. The number of hydrogen-bond acceptors (Lipinski definition) is 3. The van der Waals surface area contributed by atoms with Gasteiger partial charge in [0.15, 0.2) is 0 Å². The fourth-order valence-corrected chi connectivity index (χ4v) is 0.898. The van der Waals surface area contributed by atoms with Crippen LogP contribution in [0.5, 0.6) is 0 Å². The number of aromatic nitrogens is 1. The second-order valence-electron chi connectivity index (χ2n) is 2.61. The molecule has 1 amide bonds. The monoisotopic (exact) mass is 180 g/mol. The molecule has 70 valence electrons. The van der Waals surface area contributed by atoms with Gasteiger partial charge in [0.1, 0.15) is 0 Å². The summed E-state index contributed by atoms with van der Waals surface area (Å²) in [6.07, 6.45) is 4.07. The summed E-state index contributed by atoms with van der Waals surface area (Å²) in [5.41, 5.74) is 0.734. The standard InChI is InChI=1S/C9H12N2O2/c12-7-1-2-9(13)11-8-3-5-10-6-4-8/h3-6,12H,1-2,7H2,(H,10,11,13). The molecule has 1 rings (SSSR count). The molecule has 0 fully saturated rings. The molecular weight excluding hydrogens is 168 g/mol. The van der Waals surface area contributed by atoms with Crippen molar-refractivity contribution in [3.63, 3.8) is 0 Å². The molecule has 1 aromatic heterocycles. The minimum Gasteiger partial charge on any atom is -0.396 e. The van der Waals surface area contributed by atoms with Crippen LogP contribution in [-0.4, -0.2) is 22.6 Å². The van der Waals surface area contributed by atoms with Gasteiger partial charge in [0, 0.05) is 31.1 Å². The molecule has 0 aromatic carbocycles. The third-order valence-corrected chi connectivity index (χ3v) is 1.53. The van der Waals surface area contributed by atoms with E-state index in [1.54, 1.807) is 24.5 Å². The van der Waals surface area contributed by atoms with E-state index in [1.807, 2.05) is 0 Å². The Morgan fingerprint density at radius 3 is 2.77 bits per heavy atom. The van der Waals surface area contributed by atoms with Crippen LogP contribution < -0.4 is 5.32 Å². The zero-order valence-corrected chi connectivity index (χ0v) is 7.23. The van der Waals surface area contributed by atoms with Gasteiger partial charge in [-0.25, -0.2) is 0 Å². The number of anilines is 1. The Bertz CT molecular complexity index is 262. The lowest BCUT2D eigenvalue weighted by atomic mass is 10.3. The van der Waals surface area contributed by atoms with E-state index in [2.05, 4.69) is 10.3 Å². The van der Waals surface area contributed by atoms with Crippen LogP contribution in [0.3, 0.4) is 0 Å². The van der Waals surface area contributed by atoms with Crippen LogP contribution in [0, 0.1) is 0 Å². The molecule has 0 saturated carbocycles. The highest BCUT2D eigenvalue weighted by atomic mass is 16.3. The summed E-state index contributed by atoms with van der Waals surface area (Å²) < 4.78 is 0. The summed E-state index contributed by atoms with van der Waals surface area (Å²) in [7, 11) is 0. The number of amides is 1. The minimum absolute atomic E-state index is 0.0454. The third-order valence-electron chi connectivity index (χ3n) is 1.53. The average molecular weight is 180 g/mol. The first-order valence-electron chi connectivity index (χ1n) is 4.13. The van der Waals surface area contributed by atoms with Gasteiger partial charge in [0.25, 0.3) is 0 Å². The highest BCUT2D eigenvalue weighted by molar-refractivity contribution is 5.90. The van der Waals surface area contributed by atoms with Crippen molar-refractivity contribution >= 4 is 11.6 Å². The normalized spacial score (nSPS) is 9.62. The molecule has 0 aliphatic rings. The summed E-state index contributed by atoms with van der Waals surface area (Å²) in [5, 5.41) is 11.2. The smallest absolute Gasteiger partial charge is 0.224 e. The van der Waals surface area contributed by atoms with Crippen LogP contribution in [0.4, 0.5) is 5.69 Å². The van der Waals surface area contributed by atoms with Crippen LogP contribution in [-0.2, 0) is 4.79 Å². The molecular formula is C9H12N2O2. The predicted molar refractivity (Wildman–Crippen MR) is 49.2 cm³/mol. The summed E-state index contributed by atoms with van der Waals surface area (Å²) in [4.78, 5) is 15.0. The van der Waals surface area contributed by atoms with Gasteiger partial charge in [-0.1, -0.05) is 0 Å². The number of pyridine rings is 1. The molecule has 4 nitrogen and oxygen atoms in total. The number of nitrogens with one attached hydrogen (secondary N) is 1. The summed E-state index contributed by atoms with van der Waals surface area (Å²) in [6, 6.07) is 3.44. The van der Waals surface area contributed by atoms with E-state index in [9.17, 15) is 4.79 Å². The Hall–Kier alpha value is -1.42. The number of aliphatic hydroxyl groups is 1. The molecule has 4 heteroatoms. The molecule has 1 heterocycles. The van der Waals surface area contributed by atoms with Gasteiger partial charge in [-0.05, 0) is 18.6 Å². The van der Waals surface area contributed by atoms with Gasteiger partial charge < -0.3 is 10.4 Å². The summed E-state index contributed by atoms with van der Waals surface area (Å²) in [5.74, 6) is -0.0831. The number of nitrogens with zero attached hydrogens (tertiary/aromatic N) is 1. The van der Waals surface area contributed by atoms with Crippen LogP contribution in [0.15, 0.2) is 24.5 Å². The SMILES string of the molecule is O=C(CCCO)Nc1ccncc1. The lowest BCUT2D eigenvalue weighted by Gasteiger charge is -2.02. The first-order chi connectivity index (χ1) is 6.33. The van der Waals surface area contributed by atoms with Crippen molar-refractivity contribution in [1.82, 2.24) is 4.98 Å². The van der Waals surface area contributed by atoms with E-state index < -0.39 is 0 Å². The number of rotatable bonds is 4. The van der Waals surface area contributed by atoms with Crippen LogP contribution >= 0.6 is 0 Å². The molecule has 0 aliphatic heterocycles. The second-order valence-corrected chi connectivity index (χ2v) is 2.61. The molecule has 0 bridgehead atoms. The van der Waals surface area contributed by atoms with E-state index in [0.29, 0.717) is 12.8 Å². The topological polar surface area (TPSA) is 62.2 Å². The van der Waals surface area contributed by atoms with Crippen LogP contribution in [0.2, 0.25) is 0 Å². The van der Waals surface area contributed by atoms with Crippen molar-refractivity contribution in [1.29, 1.82) is 0 Å². The molecule has 1 aromatic rings. The minimum atomic E-state index is -0.0831. The number of carbonyl (C=O) groups is 1. The largest absolute Gasteiger partial charge is 0.396 e.